The van der Waals surface area contributed by atoms with Crippen LogP contribution in [0.1, 0.15) is 29.8 Å². The number of likely N-dealkylation sites (N-methyl/N-ethyl adjacent to an activating group) is 1. The molecular formula is C14H17ClN2S. The maximum absolute atomic E-state index is 6.29. The molecule has 18 heavy (non-hydrogen) atoms. The molecule has 1 atom stereocenters. The third-order valence-electron chi connectivity index (χ3n) is 2.89. The Labute approximate surface area is 117 Å². The maximum atomic E-state index is 6.29. The summed E-state index contributed by atoms with van der Waals surface area (Å²) in [6.07, 6.45) is 0.872. The third kappa shape index (κ3) is 3.31. The third-order valence-corrected chi connectivity index (χ3v) is 3.85. The van der Waals surface area contributed by atoms with E-state index in [4.69, 9.17) is 11.6 Å². The minimum Gasteiger partial charge on any atom is -0.309 e. The van der Waals surface area contributed by atoms with Crippen molar-refractivity contribution in [3.05, 3.63) is 50.9 Å². The molecule has 0 aliphatic carbocycles. The van der Waals surface area contributed by atoms with Crippen LogP contribution in [0.15, 0.2) is 29.1 Å². The van der Waals surface area contributed by atoms with E-state index in [-0.39, 0.29) is 6.04 Å². The Morgan fingerprint density at radius 1 is 1.44 bits per heavy atom. The number of nitrogens with zero attached hydrogens (tertiary/aromatic N) is 1. The highest BCUT2D eigenvalue weighted by atomic mass is 35.5. The van der Waals surface area contributed by atoms with E-state index < -0.39 is 0 Å². The predicted octanol–water partition coefficient (Wildman–Crippen LogP) is 4.00. The van der Waals surface area contributed by atoms with Gasteiger partial charge in [0.25, 0.3) is 0 Å². The van der Waals surface area contributed by atoms with Gasteiger partial charge in [0, 0.05) is 10.4 Å². The highest BCUT2D eigenvalue weighted by molar-refractivity contribution is 7.07. The van der Waals surface area contributed by atoms with Crippen LogP contribution >= 0.6 is 22.9 Å². The van der Waals surface area contributed by atoms with E-state index in [1.807, 2.05) is 11.6 Å². The number of hydrogen-bond donors (Lipinski definition) is 1. The van der Waals surface area contributed by atoms with Crippen molar-refractivity contribution in [2.24, 2.45) is 0 Å². The monoisotopic (exact) mass is 280 g/mol. The van der Waals surface area contributed by atoms with Crippen LogP contribution in [0.2, 0.25) is 5.02 Å². The Kier molecular flexibility index (Phi) is 4.75. The lowest BCUT2D eigenvalue weighted by molar-refractivity contribution is 0.539. The van der Waals surface area contributed by atoms with Gasteiger partial charge in [-0.1, -0.05) is 30.7 Å². The van der Waals surface area contributed by atoms with Crippen LogP contribution < -0.4 is 5.32 Å². The molecular weight excluding hydrogens is 264 g/mol. The van der Waals surface area contributed by atoms with Crippen LogP contribution in [-0.2, 0) is 6.42 Å². The lowest BCUT2D eigenvalue weighted by atomic mass is 10.0. The first kappa shape index (κ1) is 13.5. The van der Waals surface area contributed by atoms with Gasteiger partial charge in [-0.05, 0) is 37.1 Å². The molecule has 2 nitrogen and oxygen atoms in total. The number of benzene rings is 1. The molecule has 0 spiro atoms. The molecule has 1 N–H and O–H groups in total. The zero-order valence-corrected chi connectivity index (χ0v) is 12.2. The molecule has 0 bridgehead atoms. The van der Waals surface area contributed by atoms with E-state index in [0.717, 1.165) is 23.7 Å². The van der Waals surface area contributed by atoms with Crippen LogP contribution in [0, 0.1) is 6.92 Å². The molecule has 2 rings (SSSR count). The SMILES string of the molecule is CCNC(Cc1ccc(C)cc1Cl)c1cscn1. The minimum atomic E-state index is 0.237. The summed E-state index contributed by atoms with van der Waals surface area (Å²) < 4.78 is 0. The van der Waals surface area contributed by atoms with E-state index in [2.05, 4.69) is 41.7 Å². The number of aromatic nitrogens is 1. The summed E-state index contributed by atoms with van der Waals surface area (Å²) >= 11 is 7.92. The molecule has 0 radical (unpaired) electrons. The van der Waals surface area contributed by atoms with Gasteiger partial charge in [-0.2, -0.15) is 0 Å². The van der Waals surface area contributed by atoms with E-state index in [1.165, 1.54) is 11.1 Å². The van der Waals surface area contributed by atoms with E-state index in [0.29, 0.717) is 0 Å². The number of hydrogen-bond acceptors (Lipinski definition) is 3. The summed E-state index contributed by atoms with van der Waals surface area (Å²) in [6.45, 7) is 5.08. The van der Waals surface area contributed by atoms with Gasteiger partial charge in [0.15, 0.2) is 0 Å². The zero-order valence-electron chi connectivity index (χ0n) is 10.6. The van der Waals surface area contributed by atoms with Gasteiger partial charge in [-0.15, -0.1) is 11.3 Å². The fourth-order valence-corrected chi connectivity index (χ4v) is 2.88. The molecule has 0 fully saturated rings. The Hall–Kier alpha value is -0.900. The van der Waals surface area contributed by atoms with E-state index >= 15 is 0 Å². The van der Waals surface area contributed by atoms with Crippen molar-refractivity contribution in [2.45, 2.75) is 26.3 Å². The van der Waals surface area contributed by atoms with Crippen molar-refractivity contribution in [2.75, 3.05) is 6.54 Å². The van der Waals surface area contributed by atoms with Crippen molar-refractivity contribution in [3.63, 3.8) is 0 Å². The highest BCUT2D eigenvalue weighted by Crippen LogP contribution is 2.24. The smallest absolute Gasteiger partial charge is 0.0795 e. The quantitative estimate of drug-likeness (QED) is 0.895. The second-order valence-electron chi connectivity index (χ2n) is 4.32. The Bertz CT molecular complexity index is 497. The van der Waals surface area contributed by atoms with Crippen molar-refractivity contribution in [3.8, 4) is 0 Å². The first-order valence-electron chi connectivity index (χ1n) is 6.07. The summed E-state index contributed by atoms with van der Waals surface area (Å²) in [6, 6.07) is 6.46. The van der Waals surface area contributed by atoms with Gasteiger partial charge in [0.05, 0.1) is 17.2 Å². The van der Waals surface area contributed by atoms with Gasteiger partial charge in [0.1, 0.15) is 0 Å². The van der Waals surface area contributed by atoms with Crippen LogP contribution in [0.3, 0.4) is 0 Å². The van der Waals surface area contributed by atoms with Crippen LogP contribution in [0.4, 0.5) is 0 Å². The minimum absolute atomic E-state index is 0.237. The van der Waals surface area contributed by atoms with E-state index in [1.54, 1.807) is 11.3 Å². The molecule has 2 aromatic rings. The average molecular weight is 281 g/mol. The number of halogens is 1. The molecule has 0 amide bonds. The van der Waals surface area contributed by atoms with Crippen LogP contribution in [-0.4, -0.2) is 11.5 Å². The maximum Gasteiger partial charge on any atom is 0.0795 e. The second kappa shape index (κ2) is 6.32. The Morgan fingerprint density at radius 2 is 2.28 bits per heavy atom. The average Bonchev–Trinajstić information content (AvgIpc) is 2.85. The van der Waals surface area contributed by atoms with Crippen LogP contribution in [0.25, 0.3) is 0 Å². The fourth-order valence-electron chi connectivity index (χ4n) is 1.96. The topological polar surface area (TPSA) is 24.9 Å². The Balaban J connectivity index is 2.18. The fraction of sp³-hybridized carbons (Fsp3) is 0.357. The van der Waals surface area contributed by atoms with Gasteiger partial charge in [-0.3, -0.25) is 0 Å². The first-order chi connectivity index (χ1) is 8.70. The summed E-state index contributed by atoms with van der Waals surface area (Å²) in [5, 5.41) is 6.39. The first-order valence-corrected chi connectivity index (χ1v) is 7.39. The predicted molar refractivity (Wildman–Crippen MR) is 78.4 cm³/mol. The number of thiazole rings is 1. The molecule has 0 saturated heterocycles. The van der Waals surface area contributed by atoms with Crippen molar-refractivity contribution < 1.29 is 0 Å². The summed E-state index contributed by atoms with van der Waals surface area (Å²) in [5.41, 5.74) is 5.33. The van der Waals surface area contributed by atoms with Gasteiger partial charge < -0.3 is 5.32 Å². The molecule has 1 aromatic carbocycles. The Morgan fingerprint density at radius 3 is 2.89 bits per heavy atom. The van der Waals surface area contributed by atoms with Crippen molar-refractivity contribution in [1.29, 1.82) is 0 Å². The number of rotatable bonds is 5. The molecule has 4 heteroatoms. The molecule has 0 aliphatic heterocycles. The second-order valence-corrected chi connectivity index (χ2v) is 5.45. The van der Waals surface area contributed by atoms with Gasteiger partial charge in [-0.25, -0.2) is 4.98 Å². The van der Waals surface area contributed by atoms with Crippen molar-refractivity contribution >= 4 is 22.9 Å². The molecule has 0 saturated carbocycles. The molecule has 1 heterocycles. The number of aryl methyl sites for hydroxylation is 1. The molecule has 1 unspecified atom stereocenters. The molecule has 1 aromatic heterocycles. The highest BCUT2D eigenvalue weighted by Gasteiger charge is 2.14. The summed E-state index contributed by atoms with van der Waals surface area (Å²) in [5.74, 6) is 0. The largest absolute Gasteiger partial charge is 0.309 e. The standard InChI is InChI=1S/C14H17ClN2S/c1-3-16-13(14-8-18-9-17-14)7-11-5-4-10(2)6-12(11)15/h4-6,8-9,13,16H,3,7H2,1-2H3. The lowest BCUT2D eigenvalue weighted by Crippen LogP contribution is -2.23. The van der Waals surface area contributed by atoms with Crippen LogP contribution in [0.5, 0.6) is 0 Å². The molecule has 0 aliphatic rings. The zero-order chi connectivity index (χ0) is 13.0. The van der Waals surface area contributed by atoms with Gasteiger partial charge >= 0.3 is 0 Å². The van der Waals surface area contributed by atoms with Gasteiger partial charge in [0.2, 0.25) is 0 Å². The normalized spacial score (nSPS) is 12.6. The lowest BCUT2D eigenvalue weighted by Gasteiger charge is -2.16. The van der Waals surface area contributed by atoms with Crippen molar-refractivity contribution in [1.82, 2.24) is 10.3 Å². The summed E-state index contributed by atoms with van der Waals surface area (Å²) in [4.78, 5) is 4.39. The van der Waals surface area contributed by atoms with E-state index in [9.17, 15) is 0 Å². The number of nitrogens with one attached hydrogen (secondary N) is 1. The molecule has 96 valence electrons. The summed E-state index contributed by atoms with van der Waals surface area (Å²) in [7, 11) is 0.